The van der Waals surface area contributed by atoms with Gasteiger partial charge in [-0.25, -0.2) is 4.98 Å². The first kappa shape index (κ1) is 17.4. The zero-order chi connectivity index (χ0) is 18.3. The number of oxazole rings is 1. The molecule has 0 bridgehead atoms. The molecule has 1 unspecified atom stereocenters. The van der Waals surface area contributed by atoms with Crippen LogP contribution in [0.5, 0.6) is 0 Å². The van der Waals surface area contributed by atoms with E-state index in [-0.39, 0.29) is 5.91 Å². The first-order valence-electron chi connectivity index (χ1n) is 9.28. The van der Waals surface area contributed by atoms with Gasteiger partial charge in [-0.2, -0.15) is 0 Å². The molecule has 1 aromatic heterocycles. The van der Waals surface area contributed by atoms with Gasteiger partial charge in [-0.1, -0.05) is 17.7 Å². The van der Waals surface area contributed by atoms with Crippen LogP contribution in [0, 0.1) is 19.8 Å². The van der Waals surface area contributed by atoms with Crippen LogP contribution in [0.4, 0.5) is 5.69 Å². The third-order valence-corrected chi connectivity index (χ3v) is 5.53. The lowest BCUT2D eigenvalue weighted by molar-refractivity contribution is 0.0918. The average molecular weight is 374 g/mol. The Morgan fingerprint density at radius 3 is 2.92 bits per heavy atom. The van der Waals surface area contributed by atoms with Gasteiger partial charge in [-0.3, -0.25) is 4.79 Å². The number of aromatic nitrogens is 1. The summed E-state index contributed by atoms with van der Waals surface area (Å²) in [4.78, 5) is 19.2. The number of aryl methyl sites for hydroxylation is 2. The Morgan fingerprint density at radius 2 is 2.15 bits per heavy atom. The van der Waals surface area contributed by atoms with E-state index in [2.05, 4.69) is 28.2 Å². The third kappa shape index (κ3) is 3.58. The van der Waals surface area contributed by atoms with Crippen LogP contribution in [-0.2, 0) is 0 Å². The minimum Gasteiger partial charge on any atom is -0.435 e. The SMILES string of the molecule is Cc1ccc(Cl)cc1N1CCC(CNC(=O)c2oc(C3CC3)nc2C)C1. The quantitative estimate of drug-likeness (QED) is 0.857. The Morgan fingerprint density at radius 1 is 1.35 bits per heavy atom. The van der Waals surface area contributed by atoms with Crippen LogP contribution in [0.15, 0.2) is 22.6 Å². The largest absolute Gasteiger partial charge is 0.435 e. The average Bonchev–Trinajstić information content (AvgIpc) is 3.24. The molecule has 2 heterocycles. The van der Waals surface area contributed by atoms with E-state index in [0.717, 1.165) is 43.3 Å². The van der Waals surface area contributed by atoms with E-state index in [9.17, 15) is 4.79 Å². The fourth-order valence-electron chi connectivity index (χ4n) is 3.59. The Kier molecular flexibility index (Phi) is 4.65. The standard InChI is InChI=1S/C20H24ClN3O2/c1-12-3-6-16(21)9-17(12)24-8-7-14(11-24)10-22-19(25)18-13(2)23-20(26-18)15-4-5-15/h3,6,9,14-15H,4-5,7-8,10-11H2,1-2H3,(H,22,25). The number of nitrogens with one attached hydrogen (secondary N) is 1. The van der Waals surface area contributed by atoms with Crippen LogP contribution in [0.2, 0.25) is 5.02 Å². The molecule has 6 heteroatoms. The lowest BCUT2D eigenvalue weighted by atomic mass is 10.1. The van der Waals surface area contributed by atoms with Crippen LogP contribution < -0.4 is 10.2 Å². The summed E-state index contributed by atoms with van der Waals surface area (Å²) in [6.45, 7) is 6.49. The Bertz CT molecular complexity index is 828. The molecule has 0 radical (unpaired) electrons. The van der Waals surface area contributed by atoms with Gasteiger partial charge in [0.1, 0.15) is 0 Å². The van der Waals surface area contributed by atoms with E-state index in [1.54, 1.807) is 0 Å². The van der Waals surface area contributed by atoms with E-state index in [4.69, 9.17) is 16.0 Å². The topological polar surface area (TPSA) is 58.4 Å². The van der Waals surface area contributed by atoms with Crippen molar-refractivity contribution in [1.29, 1.82) is 0 Å². The highest BCUT2D eigenvalue weighted by molar-refractivity contribution is 6.30. The van der Waals surface area contributed by atoms with Crippen molar-refractivity contribution in [3.8, 4) is 0 Å². The summed E-state index contributed by atoms with van der Waals surface area (Å²) in [6.07, 6.45) is 3.28. The molecule has 0 spiro atoms. The Hall–Kier alpha value is -2.01. The first-order valence-corrected chi connectivity index (χ1v) is 9.65. The molecule has 2 aromatic rings. The molecule has 2 aliphatic rings. The number of anilines is 1. The number of carbonyl (C=O) groups is 1. The maximum absolute atomic E-state index is 12.5. The molecule has 138 valence electrons. The van der Waals surface area contributed by atoms with Crippen molar-refractivity contribution in [2.75, 3.05) is 24.5 Å². The van der Waals surface area contributed by atoms with E-state index in [1.807, 2.05) is 19.1 Å². The number of nitrogens with zero attached hydrogens (tertiary/aromatic N) is 2. The monoisotopic (exact) mass is 373 g/mol. The fraction of sp³-hybridized carbons (Fsp3) is 0.500. The molecule has 5 nitrogen and oxygen atoms in total. The fourth-order valence-corrected chi connectivity index (χ4v) is 3.76. The Labute approximate surface area is 158 Å². The smallest absolute Gasteiger partial charge is 0.289 e. The van der Waals surface area contributed by atoms with Crippen molar-refractivity contribution in [3.05, 3.63) is 46.1 Å². The molecule has 26 heavy (non-hydrogen) atoms. The highest BCUT2D eigenvalue weighted by Crippen LogP contribution is 2.40. The van der Waals surface area contributed by atoms with Gasteiger partial charge in [0.05, 0.1) is 5.69 Å². The number of carbonyl (C=O) groups excluding carboxylic acids is 1. The molecule has 1 amide bonds. The maximum Gasteiger partial charge on any atom is 0.289 e. The van der Waals surface area contributed by atoms with Crippen LogP contribution in [0.25, 0.3) is 0 Å². The van der Waals surface area contributed by atoms with Crippen LogP contribution in [0.1, 0.15) is 52.9 Å². The second-order valence-electron chi connectivity index (χ2n) is 7.48. The van der Waals surface area contributed by atoms with E-state index in [0.29, 0.717) is 29.8 Å². The van der Waals surface area contributed by atoms with Gasteiger partial charge in [-0.05, 0) is 56.7 Å². The predicted octanol–water partition coefficient (Wildman–Crippen LogP) is 4.08. The van der Waals surface area contributed by atoms with Crippen molar-refractivity contribution in [2.45, 2.75) is 39.0 Å². The van der Waals surface area contributed by atoms with Gasteiger partial charge in [0, 0.05) is 36.3 Å². The summed E-state index contributed by atoms with van der Waals surface area (Å²) < 4.78 is 5.69. The maximum atomic E-state index is 12.5. The summed E-state index contributed by atoms with van der Waals surface area (Å²) >= 11 is 6.15. The van der Waals surface area contributed by atoms with Crippen molar-refractivity contribution in [3.63, 3.8) is 0 Å². The van der Waals surface area contributed by atoms with Crippen molar-refractivity contribution >= 4 is 23.2 Å². The lowest BCUT2D eigenvalue weighted by Gasteiger charge is -2.21. The first-order chi connectivity index (χ1) is 12.5. The summed E-state index contributed by atoms with van der Waals surface area (Å²) in [6, 6.07) is 6.00. The van der Waals surface area contributed by atoms with Crippen LogP contribution >= 0.6 is 11.6 Å². The molecule has 1 atom stereocenters. The van der Waals surface area contributed by atoms with E-state index in [1.165, 1.54) is 11.3 Å². The molecule has 2 fully saturated rings. The highest BCUT2D eigenvalue weighted by Gasteiger charge is 2.31. The number of benzene rings is 1. The van der Waals surface area contributed by atoms with Crippen molar-refractivity contribution < 1.29 is 9.21 Å². The summed E-state index contributed by atoms with van der Waals surface area (Å²) in [5.41, 5.74) is 3.10. The molecule has 1 aromatic carbocycles. The van der Waals surface area contributed by atoms with Gasteiger partial charge in [-0.15, -0.1) is 0 Å². The van der Waals surface area contributed by atoms with Gasteiger partial charge in [0.25, 0.3) is 5.91 Å². The van der Waals surface area contributed by atoms with Crippen LogP contribution in [-0.4, -0.2) is 30.5 Å². The predicted molar refractivity (Wildman–Crippen MR) is 102 cm³/mol. The lowest BCUT2D eigenvalue weighted by Crippen LogP contribution is -2.31. The summed E-state index contributed by atoms with van der Waals surface area (Å²) in [5, 5.41) is 3.79. The highest BCUT2D eigenvalue weighted by atomic mass is 35.5. The molecule has 1 aliphatic carbocycles. The zero-order valence-corrected chi connectivity index (χ0v) is 16.0. The summed E-state index contributed by atoms with van der Waals surface area (Å²) in [5.74, 6) is 1.77. The second kappa shape index (κ2) is 6.95. The minimum atomic E-state index is -0.153. The number of halogens is 1. The molecule has 1 aliphatic heterocycles. The molecule has 1 saturated carbocycles. The van der Waals surface area contributed by atoms with Crippen LogP contribution in [0.3, 0.4) is 0 Å². The normalized spacial score (nSPS) is 19.8. The van der Waals surface area contributed by atoms with Crippen molar-refractivity contribution in [2.24, 2.45) is 5.92 Å². The molecular weight excluding hydrogens is 350 g/mol. The third-order valence-electron chi connectivity index (χ3n) is 5.29. The molecule has 1 saturated heterocycles. The number of hydrogen-bond acceptors (Lipinski definition) is 4. The van der Waals surface area contributed by atoms with Gasteiger partial charge in [0.15, 0.2) is 5.89 Å². The number of hydrogen-bond donors (Lipinski definition) is 1. The molecule has 4 rings (SSSR count). The molecular formula is C20H24ClN3O2. The minimum absolute atomic E-state index is 0.153. The number of rotatable bonds is 5. The van der Waals surface area contributed by atoms with E-state index < -0.39 is 0 Å². The van der Waals surface area contributed by atoms with Gasteiger partial charge < -0.3 is 14.6 Å². The number of amides is 1. The Balaban J connectivity index is 1.34. The summed E-state index contributed by atoms with van der Waals surface area (Å²) in [7, 11) is 0. The van der Waals surface area contributed by atoms with E-state index >= 15 is 0 Å². The van der Waals surface area contributed by atoms with Gasteiger partial charge in [0.2, 0.25) is 5.76 Å². The second-order valence-corrected chi connectivity index (χ2v) is 7.92. The zero-order valence-electron chi connectivity index (χ0n) is 15.2. The van der Waals surface area contributed by atoms with Crippen molar-refractivity contribution in [1.82, 2.24) is 10.3 Å². The molecule has 1 N–H and O–H groups in total. The van der Waals surface area contributed by atoms with Gasteiger partial charge >= 0.3 is 0 Å².